The summed E-state index contributed by atoms with van der Waals surface area (Å²) in [4.78, 5) is 24.2. The minimum absolute atomic E-state index is 0.117. The second-order valence-electron chi connectivity index (χ2n) is 5.81. The van der Waals surface area contributed by atoms with Crippen LogP contribution in [0, 0.1) is 6.92 Å². The van der Waals surface area contributed by atoms with Crippen LogP contribution in [0.15, 0.2) is 48.5 Å². The number of para-hydroxylation sites is 3. The largest absolute Gasteiger partial charge is 0.454 e. The molecule has 1 aliphatic rings. The summed E-state index contributed by atoms with van der Waals surface area (Å²) in [7, 11) is 0. The minimum Gasteiger partial charge on any atom is -0.454 e. The highest BCUT2D eigenvalue weighted by atomic mass is 16.7. The van der Waals surface area contributed by atoms with Gasteiger partial charge < -0.3 is 24.5 Å². The van der Waals surface area contributed by atoms with Gasteiger partial charge in [-0.1, -0.05) is 30.3 Å². The van der Waals surface area contributed by atoms with Gasteiger partial charge in [0, 0.05) is 23.1 Å². The number of amides is 1. The average Bonchev–Trinajstić information content (AvgIpc) is 3.27. The van der Waals surface area contributed by atoms with Crippen LogP contribution in [0.2, 0.25) is 0 Å². The molecular formula is C20H20N2O5. The van der Waals surface area contributed by atoms with Gasteiger partial charge in [0.15, 0.2) is 11.5 Å². The molecule has 0 spiro atoms. The van der Waals surface area contributed by atoms with Crippen LogP contribution in [0.25, 0.3) is 10.9 Å². The number of ether oxygens (including phenoxy) is 3. The van der Waals surface area contributed by atoms with Crippen LogP contribution < -0.4 is 14.8 Å². The minimum atomic E-state index is -0.720. The number of benzene rings is 2. The molecule has 2 N–H and O–H groups in total. The average molecular weight is 368 g/mol. The zero-order valence-corrected chi connectivity index (χ0v) is 14.9. The van der Waals surface area contributed by atoms with E-state index in [1.54, 1.807) is 0 Å². The van der Waals surface area contributed by atoms with Crippen molar-refractivity contribution in [3.63, 3.8) is 0 Å². The van der Waals surface area contributed by atoms with Gasteiger partial charge in [-0.15, -0.1) is 0 Å². The lowest BCUT2D eigenvalue weighted by molar-refractivity contribution is -0.123. The zero-order chi connectivity index (χ0) is 19.1. The van der Waals surface area contributed by atoms with Crippen LogP contribution >= 0.6 is 0 Å². The van der Waals surface area contributed by atoms with E-state index < -0.39 is 6.09 Å². The molecule has 7 nitrogen and oxygen atoms in total. The Balaban J connectivity index is 0.000000193. The maximum atomic E-state index is 10.9. The summed E-state index contributed by atoms with van der Waals surface area (Å²) in [6.45, 7) is 2.90. The molecular weight excluding hydrogens is 348 g/mol. The second kappa shape index (κ2) is 8.75. The van der Waals surface area contributed by atoms with Crippen LogP contribution in [-0.2, 0) is 16.0 Å². The molecule has 0 saturated heterocycles. The number of rotatable bonds is 4. The van der Waals surface area contributed by atoms with Gasteiger partial charge in [0.2, 0.25) is 6.79 Å². The molecule has 1 aliphatic heterocycles. The van der Waals surface area contributed by atoms with E-state index in [4.69, 9.17) is 9.47 Å². The molecule has 0 fully saturated rings. The first kappa shape index (κ1) is 18.3. The molecule has 27 heavy (non-hydrogen) atoms. The molecule has 2 heterocycles. The van der Waals surface area contributed by atoms with E-state index in [9.17, 15) is 9.59 Å². The van der Waals surface area contributed by atoms with Crippen molar-refractivity contribution in [3.8, 4) is 11.5 Å². The van der Waals surface area contributed by atoms with E-state index >= 15 is 0 Å². The highest BCUT2D eigenvalue weighted by Gasteiger charge is 2.10. The number of hydrogen-bond donors (Lipinski definition) is 2. The van der Waals surface area contributed by atoms with E-state index in [2.05, 4.69) is 15.0 Å². The molecule has 7 heteroatoms. The van der Waals surface area contributed by atoms with Gasteiger partial charge in [-0.25, -0.2) is 4.79 Å². The number of nitrogens with one attached hydrogen (secondary N) is 2. The summed E-state index contributed by atoms with van der Waals surface area (Å²) >= 11 is 0. The van der Waals surface area contributed by atoms with E-state index in [0.29, 0.717) is 19.8 Å². The Morgan fingerprint density at radius 3 is 2.52 bits per heavy atom. The fourth-order valence-electron chi connectivity index (χ4n) is 2.88. The van der Waals surface area contributed by atoms with Crippen molar-refractivity contribution in [2.24, 2.45) is 0 Å². The number of fused-ring (bicyclic) bond motifs is 2. The maximum absolute atomic E-state index is 10.9. The Hall–Kier alpha value is -3.48. The third-order valence-corrected chi connectivity index (χ3v) is 4.10. The van der Waals surface area contributed by atoms with Crippen LogP contribution in [0.1, 0.15) is 11.3 Å². The smallest absolute Gasteiger partial charge is 0.414 e. The van der Waals surface area contributed by atoms with Gasteiger partial charge >= 0.3 is 12.6 Å². The zero-order valence-electron chi connectivity index (χ0n) is 14.9. The Bertz CT molecular complexity index is 912. The van der Waals surface area contributed by atoms with Crippen molar-refractivity contribution in [2.75, 3.05) is 13.3 Å². The number of alkyl carbamates (subject to hydrolysis) is 1. The maximum Gasteiger partial charge on any atom is 0.414 e. The van der Waals surface area contributed by atoms with Crippen LogP contribution in [-0.4, -0.2) is 30.9 Å². The molecule has 0 saturated carbocycles. The molecule has 3 aromatic rings. The molecule has 4 rings (SSSR count). The first-order valence-electron chi connectivity index (χ1n) is 8.48. The molecule has 140 valence electrons. The van der Waals surface area contributed by atoms with Crippen molar-refractivity contribution >= 4 is 23.5 Å². The van der Waals surface area contributed by atoms with Gasteiger partial charge in [0.05, 0.1) is 0 Å². The fraction of sp³-hybridized carbons (Fsp3) is 0.200. The first-order chi connectivity index (χ1) is 13.2. The van der Waals surface area contributed by atoms with Gasteiger partial charge in [0.25, 0.3) is 0 Å². The predicted octanol–water partition coefficient (Wildman–Crippen LogP) is 3.32. The van der Waals surface area contributed by atoms with Crippen molar-refractivity contribution in [1.82, 2.24) is 10.3 Å². The summed E-state index contributed by atoms with van der Waals surface area (Å²) in [6, 6.07) is 15.6. The lowest BCUT2D eigenvalue weighted by Gasteiger charge is -2.03. The summed E-state index contributed by atoms with van der Waals surface area (Å²) in [5.41, 5.74) is 3.33. The normalized spacial score (nSPS) is 11.4. The van der Waals surface area contributed by atoms with E-state index in [-0.39, 0.29) is 6.47 Å². The number of carbonyl (C=O) groups is 2. The molecule has 0 bridgehead atoms. The molecule has 0 radical (unpaired) electrons. The predicted molar refractivity (Wildman–Crippen MR) is 99.9 cm³/mol. The number of aromatic amines is 1. The van der Waals surface area contributed by atoms with E-state index in [1.165, 1.54) is 0 Å². The molecule has 0 atom stereocenters. The third kappa shape index (κ3) is 4.58. The van der Waals surface area contributed by atoms with Gasteiger partial charge in [-0.05, 0) is 37.1 Å². The van der Waals surface area contributed by atoms with E-state index in [1.807, 2.05) is 55.5 Å². The second-order valence-corrected chi connectivity index (χ2v) is 5.81. The van der Waals surface area contributed by atoms with Crippen molar-refractivity contribution < 1.29 is 23.8 Å². The molecule has 1 aromatic heterocycles. The SMILES string of the molecule is Cc1[nH]c2ccccc2c1CCNC(=O)OC=O.c1ccc2c(c1)OCO2. The highest BCUT2D eigenvalue weighted by Crippen LogP contribution is 2.30. The van der Waals surface area contributed by atoms with Gasteiger partial charge in [-0.3, -0.25) is 4.79 Å². The fourth-order valence-corrected chi connectivity index (χ4v) is 2.88. The van der Waals surface area contributed by atoms with Crippen LogP contribution in [0.3, 0.4) is 0 Å². The van der Waals surface area contributed by atoms with Gasteiger partial charge in [-0.2, -0.15) is 0 Å². The monoisotopic (exact) mass is 368 g/mol. The van der Waals surface area contributed by atoms with Crippen molar-refractivity contribution in [1.29, 1.82) is 0 Å². The highest BCUT2D eigenvalue weighted by molar-refractivity contribution is 5.84. The molecule has 0 aliphatic carbocycles. The molecule has 1 amide bonds. The summed E-state index contributed by atoms with van der Waals surface area (Å²) in [5.74, 6) is 1.69. The first-order valence-corrected chi connectivity index (χ1v) is 8.48. The number of carbonyl (C=O) groups excluding carboxylic acids is 2. The Morgan fingerprint density at radius 1 is 1.15 bits per heavy atom. The Kier molecular flexibility index (Phi) is 5.94. The van der Waals surface area contributed by atoms with Crippen LogP contribution in [0.5, 0.6) is 11.5 Å². The topological polar surface area (TPSA) is 89.7 Å². The standard InChI is InChI=1S/C13H14N2O3.C7H6O2/c1-9-10(6-7-14-13(17)18-8-16)11-4-2-3-5-12(11)15-9;1-2-4-7-6(3-1)8-5-9-7/h2-5,8,15H,6-7H2,1H3,(H,14,17);1-4H,5H2. The number of aryl methyl sites for hydroxylation is 1. The Morgan fingerprint density at radius 2 is 1.81 bits per heavy atom. The van der Waals surface area contributed by atoms with Gasteiger partial charge in [0.1, 0.15) is 0 Å². The third-order valence-electron chi connectivity index (χ3n) is 4.10. The Labute approximate surface area is 156 Å². The van der Waals surface area contributed by atoms with E-state index in [0.717, 1.165) is 33.7 Å². The summed E-state index contributed by atoms with van der Waals surface area (Å²) < 4.78 is 14.3. The lowest BCUT2D eigenvalue weighted by Crippen LogP contribution is -2.26. The summed E-state index contributed by atoms with van der Waals surface area (Å²) in [5, 5.41) is 3.66. The lowest BCUT2D eigenvalue weighted by atomic mass is 10.1. The summed E-state index contributed by atoms with van der Waals surface area (Å²) in [6.07, 6.45) is -0.0356. The number of H-pyrrole nitrogens is 1. The number of aromatic nitrogens is 1. The number of hydrogen-bond acceptors (Lipinski definition) is 5. The van der Waals surface area contributed by atoms with Crippen molar-refractivity contribution in [3.05, 3.63) is 59.8 Å². The molecule has 2 aromatic carbocycles. The molecule has 0 unspecified atom stereocenters. The van der Waals surface area contributed by atoms with Crippen LogP contribution in [0.4, 0.5) is 4.79 Å². The quantitative estimate of drug-likeness (QED) is 0.545. The van der Waals surface area contributed by atoms with Crippen molar-refractivity contribution in [2.45, 2.75) is 13.3 Å².